The smallest absolute Gasteiger partial charge is 0.241 e. The van der Waals surface area contributed by atoms with Crippen LogP contribution in [0.2, 0.25) is 0 Å². The molecule has 0 radical (unpaired) electrons. The van der Waals surface area contributed by atoms with Crippen molar-refractivity contribution in [1.29, 1.82) is 0 Å². The van der Waals surface area contributed by atoms with Crippen LogP contribution < -0.4 is 5.32 Å². The van der Waals surface area contributed by atoms with Gasteiger partial charge in [-0.25, -0.2) is 0 Å². The molecule has 4 nitrogen and oxygen atoms in total. The predicted octanol–water partition coefficient (Wildman–Crippen LogP) is 2.77. The third kappa shape index (κ3) is 2.74. The molecule has 1 saturated heterocycles. The number of carbonyl (C=O) groups is 1. The molecule has 2 fully saturated rings. The van der Waals surface area contributed by atoms with Gasteiger partial charge in [0.05, 0.1) is 12.1 Å². The van der Waals surface area contributed by atoms with Gasteiger partial charge in [0.1, 0.15) is 6.17 Å². The minimum absolute atomic E-state index is 0.0393. The summed E-state index contributed by atoms with van der Waals surface area (Å²) in [6, 6.07) is 4.42. The summed E-state index contributed by atoms with van der Waals surface area (Å²) < 4.78 is 5.65. The van der Waals surface area contributed by atoms with Crippen molar-refractivity contribution < 1.29 is 9.53 Å². The topological polar surface area (TPSA) is 41.6 Å². The van der Waals surface area contributed by atoms with Crippen LogP contribution in [-0.2, 0) is 9.53 Å². The Labute approximate surface area is 130 Å². The predicted molar refractivity (Wildman–Crippen MR) is 84.1 cm³/mol. The molecule has 2 heterocycles. The third-order valence-corrected chi connectivity index (χ3v) is 5.41. The second-order valence-corrected chi connectivity index (χ2v) is 7.23. The molecule has 5 heteroatoms. The van der Waals surface area contributed by atoms with Gasteiger partial charge in [0.2, 0.25) is 5.91 Å². The van der Waals surface area contributed by atoms with Crippen LogP contribution in [0.5, 0.6) is 0 Å². The van der Waals surface area contributed by atoms with E-state index < -0.39 is 0 Å². The highest BCUT2D eigenvalue weighted by atomic mass is 32.1. The molecule has 1 aliphatic heterocycles. The standard InChI is InChI=1S/C16H24N2O2S/c1-4-20-12-8-11(9-12)18-15(13-6-5-7-21-13)17-14(10(2)3)16(18)19/h5-7,10-12,14-15,17H,4,8-9H2,1-3H3. The number of hydrogen-bond acceptors (Lipinski definition) is 4. The molecular weight excluding hydrogens is 284 g/mol. The fraction of sp³-hybridized carbons (Fsp3) is 0.688. The van der Waals surface area contributed by atoms with Crippen molar-refractivity contribution in [3.63, 3.8) is 0 Å². The second-order valence-electron chi connectivity index (χ2n) is 6.25. The zero-order valence-electron chi connectivity index (χ0n) is 12.9. The summed E-state index contributed by atoms with van der Waals surface area (Å²) in [6.45, 7) is 6.99. The Balaban J connectivity index is 1.76. The number of carbonyl (C=O) groups excluding carboxylic acids is 1. The van der Waals surface area contributed by atoms with Crippen molar-refractivity contribution in [1.82, 2.24) is 10.2 Å². The van der Waals surface area contributed by atoms with Crippen molar-refractivity contribution >= 4 is 17.2 Å². The van der Waals surface area contributed by atoms with E-state index in [0.29, 0.717) is 18.1 Å². The first kappa shape index (κ1) is 15.0. The first-order chi connectivity index (χ1) is 10.1. The minimum Gasteiger partial charge on any atom is -0.378 e. The average Bonchev–Trinajstić information content (AvgIpc) is 3.01. The van der Waals surface area contributed by atoms with Crippen molar-refractivity contribution in [2.24, 2.45) is 5.92 Å². The van der Waals surface area contributed by atoms with Gasteiger partial charge in [-0.2, -0.15) is 0 Å². The third-order valence-electron chi connectivity index (χ3n) is 4.48. The Morgan fingerprint density at radius 3 is 2.81 bits per heavy atom. The number of thiophene rings is 1. The fourth-order valence-corrected chi connectivity index (χ4v) is 4.06. The van der Waals surface area contributed by atoms with Gasteiger partial charge in [-0.1, -0.05) is 19.9 Å². The molecule has 0 bridgehead atoms. The Bertz CT molecular complexity index is 482. The van der Waals surface area contributed by atoms with Crippen molar-refractivity contribution in [2.45, 2.75) is 58.0 Å². The average molecular weight is 308 g/mol. The lowest BCUT2D eigenvalue weighted by Gasteiger charge is -2.42. The number of hydrogen-bond donors (Lipinski definition) is 1. The molecule has 2 atom stereocenters. The molecule has 1 saturated carbocycles. The Hall–Kier alpha value is -0.910. The van der Waals surface area contributed by atoms with E-state index in [2.05, 4.69) is 41.6 Å². The van der Waals surface area contributed by atoms with Gasteiger partial charge < -0.3 is 9.64 Å². The molecule has 21 heavy (non-hydrogen) atoms. The number of nitrogens with zero attached hydrogens (tertiary/aromatic N) is 1. The molecule has 1 amide bonds. The summed E-state index contributed by atoms with van der Waals surface area (Å²) in [5, 5.41) is 5.61. The zero-order chi connectivity index (χ0) is 15.0. The van der Waals surface area contributed by atoms with Crippen LogP contribution in [0.25, 0.3) is 0 Å². The molecule has 0 aromatic carbocycles. The Morgan fingerprint density at radius 1 is 1.48 bits per heavy atom. The van der Waals surface area contributed by atoms with E-state index in [1.807, 2.05) is 6.92 Å². The number of amides is 1. The van der Waals surface area contributed by atoms with E-state index in [1.165, 1.54) is 4.88 Å². The van der Waals surface area contributed by atoms with Crippen molar-refractivity contribution in [3.05, 3.63) is 22.4 Å². The van der Waals surface area contributed by atoms with E-state index >= 15 is 0 Å². The highest BCUT2D eigenvalue weighted by molar-refractivity contribution is 7.10. The van der Waals surface area contributed by atoms with Crippen LogP contribution in [0.3, 0.4) is 0 Å². The minimum atomic E-state index is -0.0664. The summed E-state index contributed by atoms with van der Waals surface area (Å²) in [7, 11) is 0. The maximum atomic E-state index is 12.8. The van der Waals surface area contributed by atoms with Crippen LogP contribution in [0.1, 0.15) is 44.7 Å². The molecule has 116 valence electrons. The van der Waals surface area contributed by atoms with E-state index in [4.69, 9.17) is 4.74 Å². The molecule has 0 spiro atoms. The van der Waals surface area contributed by atoms with Crippen molar-refractivity contribution in [2.75, 3.05) is 6.61 Å². The van der Waals surface area contributed by atoms with E-state index in [1.54, 1.807) is 11.3 Å². The SMILES string of the molecule is CCOC1CC(N2C(=O)C(C(C)C)NC2c2cccs2)C1. The molecular formula is C16H24N2O2S. The van der Waals surface area contributed by atoms with Crippen molar-refractivity contribution in [3.8, 4) is 0 Å². The van der Waals surface area contributed by atoms with Crippen LogP contribution in [0, 0.1) is 5.92 Å². The summed E-state index contributed by atoms with van der Waals surface area (Å²) in [4.78, 5) is 16.1. The van der Waals surface area contributed by atoms with Gasteiger partial charge >= 0.3 is 0 Å². The van der Waals surface area contributed by atoms with Crippen LogP contribution in [0.4, 0.5) is 0 Å². The highest BCUT2D eigenvalue weighted by Gasteiger charge is 2.48. The molecule has 2 unspecified atom stereocenters. The van der Waals surface area contributed by atoms with E-state index in [9.17, 15) is 4.79 Å². The first-order valence-corrected chi connectivity index (χ1v) is 8.73. The van der Waals surface area contributed by atoms with Gasteiger partial charge in [0.25, 0.3) is 0 Å². The van der Waals surface area contributed by atoms with Gasteiger partial charge in [0.15, 0.2) is 0 Å². The summed E-state index contributed by atoms with van der Waals surface area (Å²) in [6.07, 6.45) is 2.30. The quantitative estimate of drug-likeness (QED) is 0.909. The fourth-order valence-electron chi connectivity index (χ4n) is 3.28. The van der Waals surface area contributed by atoms with E-state index in [0.717, 1.165) is 19.4 Å². The molecule has 1 aliphatic carbocycles. The van der Waals surface area contributed by atoms with Crippen LogP contribution in [0.15, 0.2) is 17.5 Å². The number of nitrogens with one attached hydrogen (secondary N) is 1. The van der Waals surface area contributed by atoms with Crippen LogP contribution >= 0.6 is 11.3 Å². The first-order valence-electron chi connectivity index (χ1n) is 7.85. The lowest BCUT2D eigenvalue weighted by Crippen LogP contribution is -2.50. The Kier molecular flexibility index (Phi) is 4.33. The maximum absolute atomic E-state index is 12.8. The lowest BCUT2D eigenvalue weighted by atomic mass is 9.87. The summed E-state index contributed by atoms with van der Waals surface area (Å²) in [5.41, 5.74) is 0. The highest BCUT2D eigenvalue weighted by Crippen LogP contribution is 2.39. The van der Waals surface area contributed by atoms with Gasteiger partial charge in [-0.05, 0) is 37.1 Å². The molecule has 1 N–H and O–H groups in total. The van der Waals surface area contributed by atoms with Gasteiger partial charge in [0, 0.05) is 17.5 Å². The number of ether oxygens (including phenoxy) is 1. The maximum Gasteiger partial charge on any atom is 0.241 e. The summed E-state index contributed by atoms with van der Waals surface area (Å²) >= 11 is 1.72. The molecule has 1 aromatic heterocycles. The lowest BCUT2D eigenvalue weighted by molar-refractivity contribution is -0.139. The number of rotatable bonds is 5. The van der Waals surface area contributed by atoms with Gasteiger partial charge in [-0.15, -0.1) is 11.3 Å². The van der Waals surface area contributed by atoms with Gasteiger partial charge in [-0.3, -0.25) is 10.1 Å². The second kappa shape index (κ2) is 6.07. The zero-order valence-corrected chi connectivity index (χ0v) is 13.7. The molecule has 2 aliphatic rings. The normalized spacial score (nSPS) is 32.8. The largest absolute Gasteiger partial charge is 0.378 e. The van der Waals surface area contributed by atoms with Crippen LogP contribution in [-0.4, -0.2) is 35.6 Å². The molecule has 3 rings (SSSR count). The molecule has 1 aromatic rings. The summed E-state index contributed by atoms with van der Waals surface area (Å²) in [5.74, 6) is 0.566. The van der Waals surface area contributed by atoms with E-state index in [-0.39, 0.29) is 18.1 Å². The Morgan fingerprint density at radius 2 is 2.24 bits per heavy atom. The monoisotopic (exact) mass is 308 g/mol.